The van der Waals surface area contributed by atoms with Crippen LogP contribution in [0.4, 0.5) is 4.79 Å². The van der Waals surface area contributed by atoms with Crippen LogP contribution in [0.3, 0.4) is 0 Å². The number of hydrogen-bond donors (Lipinski definition) is 2. The van der Waals surface area contributed by atoms with Gasteiger partial charge in [-0.05, 0) is 5.56 Å². The lowest BCUT2D eigenvalue weighted by molar-refractivity contribution is -0.141. The lowest BCUT2D eigenvalue weighted by atomic mass is 10.2. The Morgan fingerprint density at radius 1 is 0.839 bits per heavy atom. The number of hydrogen-bond acceptors (Lipinski definition) is 7. The molecule has 0 spiro atoms. The molecule has 0 unspecified atom stereocenters. The summed E-state index contributed by atoms with van der Waals surface area (Å²) in [6.07, 6.45) is -1.55. The summed E-state index contributed by atoms with van der Waals surface area (Å²) in [4.78, 5) is 23.0. The average molecular weight is 441 g/mol. The molecule has 1 amide bonds. The zero-order valence-corrected chi connectivity index (χ0v) is 17.5. The number of likely N-dealkylation sites (tertiary alicyclic amines) is 1. The summed E-state index contributed by atoms with van der Waals surface area (Å²) in [5, 5.41) is 18.1. The van der Waals surface area contributed by atoms with Crippen molar-refractivity contribution < 1.29 is 43.5 Å². The van der Waals surface area contributed by atoms with Gasteiger partial charge < -0.3 is 33.9 Å². The van der Waals surface area contributed by atoms with E-state index in [2.05, 4.69) is 0 Å². The second kappa shape index (κ2) is 14.7. The number of benzene rings is 1. The van der Waals surface area contributed by atoms with Crippen molar-refractivity contribution in [3.63, 3.8) is 0 Å². The number of rotatable bonds is 16. The topological polar surface area (TPSA) is 124 Å². The molecule has 1 heterocycles. The van der Waals surface area contributed by atoms with E-state index in [0.29, 0.717) is 52.9 Å². The van der Waals surface area contributed by atoms with E-state index in [0.717, 1.165) is 10.5 Å². The molecular formula is C21H31NO9. The molecule has 0 saturated carbocycles. The van der Waals surface area contributed by atoms with Gasteiger partial charge in [0.2, 0.25) is 0 Å². The van der Waals surface area contributed by atoms with Gasteiger partial charge in [-0.25, -0.2) is 9.59 Å². The maximum absolute atomic E-state index is 11.1. The van der Waals surface area contributed by atoms with Crippen LogP contribution in [0, 0.1) is 0 Å². The Morgan fingerprint density at radius 3 is 1.90 bits per heavy atom. The van der Waals surface area contributed by atoms with Gasteiger partial charge in [-0.15, -0.1) is 0 Å². The number of nitrogens with zero attached hydrogens (tertiary/aromatic N) is 1. The zero-order chi connectivity index (χ0) is 22.3. The number of amides is 1. The fraction of sp³-hybridized carbons (Fsp3) is 0.619. The molecule has 1 saturated heterocycles. The van der Waals surface area contributed by atoms with E-state index in [4.69, 9.17) is 33.9 Å². The Bertz CT molecular complexity index is 621. The van der Waals surface area contributed by atoms with Crippen molar-refractivity contribution in [1.82, 2.24) is 4.90 Å². The van der Waals surface area contributed by atoms with Crippen molar-refractivity contribution in [2.45, 2.75) is 25.2 Å². The highest BCUT2D eigenvalue weighted by Crippen LogP contribution is 2.20. The molecule has 174 valence electrons. The predicted octanol–water partition coefficient (Wildman–Crippen LogP) is 1.48. The summed E-state index contributed by atoms with van der Waals surface area (Å²) >= 11 is 0. The molecule has 1 aromatic carbocycles. The van der Waals surface area contributed by atoms with Gasteiger partial charge in [0.1, 0.15) is 6.04 Å². The Hall–Kier alpha value is -2.24. The number of carbonyl (C=O) groups is 2. The maximum Gasteiger partial charge on any atom is 0.408 e. The molecule has 31 heavy (non-hydrogen) atoms. The van der Waals surface area contributed by atoms with Gasteiger partial charge in [0.25, 0.3) is 0 Å². The van der Waals surface area contributed by atoms with Crippen molar-refractivity contribution in [3.05, 3.63) is 35.9 Å². The predicted molar refractivity (Wildman–Crippen MR) is 109 cm³/mol. The first-order valence-corrected chi connectivity index (χ1v) is 10.3. The van der Waals surface area contributed by atoms with Crippen LogP contribution in [0.5, 0.6) is 0 Å². The van der Waals surface area contributed by atoms with Crippen molar-refractivity contribution >= 4 is 12.1 Å². The molecule has 2 rings (SSSR count). The fourth-order valence-electron chi connectivity index (χ4n) is 3.06. The molecule has 10 nitrogen and oxygen atoms in total. The number of carboxylic acids is 1. The third-order valence-corrected chi connectivity index (χ3v) is 4.60. The van der Waals surface area contributed by atoms with E-state index < -0.39 is 24.2 Å². The van der Waals surface area contributed by atoms with Crippen molar-refractivity contribution in [3.8, 4) is 0 Å². The highest BCUT2D eigenvalue weighted by Gasteiger charge is 2.40. The van der Waals surface area contributed by atoms with Gasteiger partial charge in [-0.3, -0.25) is 4.90 Å². The highest BCUT2D eigenvalue weighted by atomic mass is 16.6. The van der Waals surface area contributed by atoms with Crippen LogP contribution in [-0.4, -0.2) is 98.7 Å². The molecule has 2 atom stereocenters. The van der Waals surface area contributed by atoms with Gasteiger partial charge in [-0.2, -0.15) is 0 Å². The molecule has 1 aliphatic rings. The minimum Gasteiger partial charge on any atom is -0.480 e. The number of aliphatic carboxylic acids is 1. The second-order valence-electron chi connectivity index (χ2n) is 6.89. The van der Waals surface area contributed by atoms with Crippen LogP contribution in [0.2, 0.25) is 0 Å². The summed E-state index contributed by atoms with van der Waals surface area (Å²) in [6.45, 7) is 3.98. The first-order valence-electron chi connectivity index (χ1n) is 10.3. The standard InChI is InChI=1S/C21H31NO9/c23-20(24)19-14-18(15-22(19)21(25)26)31-13-12-29-9-8-27-6-7-28-10-11-30-16-17-4-2-1-3-5-17/h1-5,18-19H,6-16H2,(H,23,24)(H,25,26)/t18-,19-/m0/s1. The SMILES string of the molecule is O=C(O)[C@@H]1C[C@H](OCCOCCOCCOCCOCc2ccccc2)CN1C(=O)O. The van der Waals surface area contributed by atoms with Gasteiger partial charge in [0.05, 0.1) is 72.1 Å². The third kappa shape index (κ3) is 10.1. The molecular weight excluding hydrogens is 410 g/mol. The van der Waals surface area contributed by atoms with Crippen LogP contribution >= 0.6 is 0 Å². The number of ether oxygens (including phenoxy) is 5. The summed E-state index contributed by atoms with van der Waals surface area (Å²) < 4.78 is 27.2. The first-order chi connectivity index (χ1) is 15.1. The minimum atomic E-state index is -1.25. The molecule has 0 radical (unpaired) electrons. The molecule has 0 aliphatic carbocycles. The third-order valence-electron chi connectivity index (χ3n) is 4.60. The van der Waals surface area contributed by atoms with E-state index in [1.54, 1.807) is 0 Å². The maximum atomic E-state index is 11.1. The molecule has 0 bridgehead atoms. The van der Waals surface area contributed by atoms with E-state index in [1.165, 1.54) is 0 Å². The molecule has 1 fully saturated rings. The second-order valence-corrected chi connectivity index (χ2v) is 6.89. The van der Waals surface area contributed by atoms with Crippen molar-refractivity contribution in [2.75, 3.05) is 59.4 Å². The molecule has 1 aliphatic heterocycles. The first kappa shape index (κ1) is 25.0. The molecule has 0 aromatic heterocycles. The van der Waals surface area contributed by atoms with Crippen molar-refractivity contribution in [2.24, 2.45) is 0 Å². The summed E-state index contributed by atoms with van der Waals surface area (Å²) in [6, 6.07) is 8.89. The fourth-order valence-corrected chi connectivity index (χ4v) is 3.06. The van der Waals surface area contributed by atoms with E-state index in [9.17, 15) is 9.59 Å². The summed E-state index contributed by atoms with van der Waals surface area (Å²) in [7, 11) is 0. The quantitative estimate of drug-likeness (QED) is 0.367. The summed E-state index contributed by atoms with van der Waals surface area (Å²) in [5.41, 5.74) is 1.13. The highest BCUT2D eigenvalue weighted by molar-refractivity contribution is 5.80. The van der Waals surface area contributed by atoms with Crippen LogP contribution in [0.15, 0.2) is 30.3 Å². The average Bonchev–Trinajstić information content (AvgIpc) is 3.20. The van der Waals surface area contributed by atoms with Gasteiger partial charge in [0, 0.05) is 6.42 Å². The molecule has 10 heteroatoms. The Balaban J connectivity index is 1.35. The largest absolute Gasteiger partial charge is 0.480 e. The van der Waals surface area contributed by atoms with E-state index >= 15 is 0 Å². The Morgan fingerprint density at radius 2 is 1.39 bits per heavy atom. The van der Waals surface area contributed by atoms with Crippen LogP contribution in [0.1, 0.15) is 12.0 Å². The van der Waals surface area contributed by atoms with Crippen molar-refractivity contribution in [1.29, 1.82) is 0 Å². The van der Waals surface area contributed by atoms with Crippen LogP contribution in [0.25, 0.3) is 0 Å². The lowest BCUT2D eigenvalue weighted by Crippen LogP contribution is -2.39. The van der Waals surface area contributed by atoms with Crippen LogP contribution in [-0.2, 0) is 35.1 Å². The number of carboxylic acid groups (broad SMARTS) is 2. The lowest BCUT2D eigenvalue weighted by Gasteiger charge is -2.16. The summed E-state index contributed by atoms with van der Waals surface area (Å²) in [5.74, 6) is -1.16. The van der Waals surface area contributed by atoms with Crippen LogP contribution < -0.4 is 0 Å². The zero-order valence-electron chi connectivity index (χ0n) is 17.5. The van der Waals surface area contributed by atoms with E-state index in [-0.39, 0.29) is 19.6 Å². The van der Waals surface area contributed by atoms with Gasteiger partial charge >= 0.3 is 12.1 Å². The molecule has 1 aromatic rings. The van der Waals surface area contributed by atoms with Gasteiger partial charge in [-0.1, -0.05) is 30.3 Å². The smallest absolute Gasteiger partial charge is 0.408 e. The minimum absolute atomic E-state index is 0.0483. The Kier molecular flexibility index (Phi) is 11.9. The monoisotopic (exact) mass is 441 g/mol. The molecule has 2 N–H and O–H groups in total. The van der Waals surface area contributed by atoms with Gasteiger partial charge in [0.15, 0.2) is 0 Å². The normalized spacial score (nSPS) is 18.4. The Labute approximate surface area is 181 Å². The van der Waals surface area contributed by atoms with E-state index in [1.807, 2.05) is 30.3 Å².